The number of carbonyl (C=O) groups excluding carboxylic acids is 1. The van der Waals surface area contributed by atoms with Crippen LogP contribution >= 0.6 is 0 Å². The minimum Gasteiger partial charge on any atom is -0.494 e. The smallest absolute Gasteiger partial charge is 0.294 e. The van der Waals surface area contributed by atoms with Crippen LogP contribution in [0.4, 0.5) is 5.82 Å². The zero-order chi connectivity index (χ0) is 24.2. The predicted octanol–water partition coefficient (Wildman–Crippen LogP) is 3.16. The van der Waals surface area contributed by atoms with E-state index >= 15 is 0 Å². The summed E-state index contributed by atoms with van der Waals surface area (Å²) in [5.74, 6) is 0.351. The summed E-state index contributed by atoms with van der Waals surface area (Å²) in [5.41, 5.74) is 12.7. The van der Waals surface area contributed by atoms with E-state index in [-0.39, 0.29) is 17.3 Å². The molecule has 0 saturated carbocycles. The zero-order valence-electron chi connectivity index (χ0n) is 19.1. The molecule has 0 unspecified atom stereocenters. The van der Waals surface area contributed by atoms with Crippen molar-refractivity contribution in [1.82, 2.24) is 30.7 Å². The summed E-state index contributed by atoms with van der Waals surface area (Å²) >= 11 is 0. The molecule has 4 aromatic rings. The van der Waals surface area contributed by atoms with E-state index in [9.17, 15) is 4.79 Å². The van der Waals surface area contributed by atoms with E-state index in [0.717, 1.165) is 37.0 Å². The first-order chi connectivity index (χ1) is 17.2. The van der Waals surface area contributed by atoms with Gasteiger partial charge in [0.05, 0.1) is 12.3 Å². The molecule has 1 aliphatic rings. The Balaban J connectivity index is 1.49. The van der Waals surface area contributed by atoms with Crippen molar-refractivity contribution in [3.8, 4) is 22.8 Å². The Hall–Kier alpha value is -4.54. The van der Waals surface area contributed by atoms with Crippen molar-refractivity contribution in [3.05, 3.63) is 65.4 Å². The van der Waals surface area contributed by atoms with E-state index in [2.05, 4.69) is 37.2 Å². The first kappa shape index (κ1) is 22.3. The second-order valence-electron chi connectivity index (χ2n) is 8.05. The van der Waals surface area contributed by atoms with Crippen molar-refractivity contribution >= 4 is 17.4 Å². The maximum Gasteiger partial charge on any atom is 0.294 e. The number of carbonyl (C=O) groups is 1. The monoisotopic (exact) mass is 472 g/mol. The number of nitrogens with two attached hydrogens (primary N) is 1. The summed E-state index contributed by atoms with van der Waals surface area (Å²) in [6.45, 7) is 2.65. The number of aromatic nitrogens is 5. The van der Waals surface area contributed by atoms with E-state index in [1.165, 1.54) is 10.2 Å². The average Bonchev–Trinajstić information content (AvgIpc) is 3.52. The highest BCUT2D eigenvalue weighted by Gasteiger charge is 2.25. The van der Waals surface area contributed by atoms with E-state index in [4.69, 9.17) is 15.1 Å². The minimum atomic E-state index is -0.511. The van der Waals surface area contributed by atoms with Gasteiger partial charge in [-0.15, -0.1) is 5.10 Å². The fourth-order valence-corrected chi connectivity index (χ4v) is 4.00. The van der Waals surface area contributed by atoms with Gasteiger partial charge in [0.15, 0.2) is 5.69 Å². The molecule has 178 valence electrons. The van der Waals surface area contributed by atoms with Crippen molar-refractivity contribution in [2.45, 2.75) is 32.6 Å². The van der Waals surface area contributed by atoms with Gasteiger partial charge in [0.2, 0.25) is 11.6 Å². The number of nitrogen functional groups attached to an aromatic ring is 1. The first-order valence-corrected chi connectivity index (χ1v) is 11.4. The molecule has 35 heavy (non-hydrogen) atoms. The lowest BCUT2D eigenvalue weighted by Crippen LogP contribution is -2.23. The molecule has 1 amide bonds. The molecule has 5 rings (SSSR count). The van der Waals surface area contributed by atoms with E-state index < -0.39 is 5.91 Å². The molecule has 0 fully saturated rings. The number of nitrogens with one attached hydrogen (secondary N) is 1. The molecule has 2 aromatic carbocycles. The van der Waals surface area contributed by atoms with Crippen LogP contribution in [0.5, 0.6) is 5.75 Å². The van der Waals surface area contributed by atoms with Gasteiger partial charge in [-0.25, -0.2) is 10.1 Å². The SMILES string of the molecule is CCCOc1ccc(-c2c(C(=O)NN=C3CCCc4ccccc43)nnn2-c2nonc2N)cc1. The number of amides is 1. The molecule has 1 aliphatic carbocycles. The summed E-state index contributed by atoms with van der Waals surface area (Å²) in [6, 6.07) is 15.3. The average molecular weight is 473 g/mol. The third-order valence-electron chi connectivity index (χ3n) is 5.66. The van der Waals surface area contributed by atoms with Gasteiger partial charge in [0.25, 0.3) is 5.91 Å². The molecule has 0 bridgehead atoms. The van der Waals surface area contributed by atoms with E-state index in [1.54, 1.807) is 0 Å². The molecule has 11 heteroatoms. The predicted molar refractivity (Wildman–Crippen MR) is 128 cm³/mol. The fraction of sp³-hybridized carbons (Fsp3) is 0.250. The second kappa shape index (κ2) is 9.75. The summed E-state index contributed by atoms with van der Waals surface area (Å²) in [6.07, 6.45) is 3.64. The summed E-state index contributed by atoms with van der Waals surface area (Å²) in [4.78, 5) is 13.2. The summed E-state index contributed by atoms with van der Waals surface area (Å²) in [5, 5.41) is 20.1. The summed E-state index contributed by atoms with van der Waals surface area (Å²) in [7, 11) is 0. The van der Waals surface area contributed by atoms with Crippen LogP contribution in [0, 0.1) is 0 Å². The van der Waals surface area contributed by atoms with Crippen LogP contribution in [-0.2, 0) is 6.42 Å². The molecular formula is C24H24N8O3. The van der Waals surface area contributed by atoms with Crippen molar-refractivity contribution < 1.29 is 14.2 Å². The first-order valence-electron chi connectivity index (χ1n) is 11.4. The fourth-order valence-electron chi connectivity index (χ4n) is 4.00. The Morgan fingerprint density at radius 1 is 1.17 bits per heavy atom. The molecule has 0 spiro atoms. The third-order valence-corrected chi connectivity index (χ3v) is 5.66. The second-order valence-corrected chi connectivity index (χ2v) is 8.05. The molecular weight excluding hydrogens is 448 g/mol. The Labute approximate surface area is 200 Å². The van der Waals surface area contributed by atoms with E-state index in [1.807, 2.05) is 49.4 Å². The number of anilines is 1. The number of hydrazone groups is 1. The third kappa shape index (κ3) is 4.47. The summed E-state index contributed by atoms with van der Waals surface area (Å²) < 4.78 is 11.7. The van der Waals surface area contributed by atoms with Crippen LogP contribution in [0.2, 0.25) is 0 Å². The maximum atomic E-state index is 13.2. The standard InChI is InChI=1S/C24H24N8O3/c1-2-14-34-17-12-10-16(11-13-17)21-20(27-31-32(21)23-22(25)29-35-30-23)24(33)28-26-19-9-5-7-15-6-3-4-8-18(15)19/h3-4,6,8,10-13H,2,5,7,9,14H2,1H3,(H2,25,29)(H,28,33). The number of hydrogen-bond acceptors (Lipinski definition) is 9. The van der Waals surface area contributed by atoms with Gasteiger partial charge < -0.3 is 10.5 Å². The highest BCUT2D eigenvalue weighted by Crippen LogP contribution is 2.28. The van der Waals surface area contributed by atoms with Crippen molar-refractivity contribution in [1.29, 1.82) is 0 Å². The maximum absolute atomic E-state index is 13.2. The molecule has 0 radical (unpaired) electrons. The van der Waals surface area contributed by atoms with Crippen molar-refractivity contribution in [2.24, 2.45) is 5.10 Å². The van der Waals surface area contributed by atoms with Gasteiger partial charge >= 0.3 is 0 Å². The van der Waals surface area contributed by atoms with Crippen LogP contribution < -0.4 is 15.9 Å². The zero-order valence-corrected chi connectivity index (χ0v) is 19.1. The molecule has 0 aliphatic heterocycles. The lowest BCUT2D eigenvalue weighted by molar-refractivity contribution is 0.0950. The Bertz CT molecular complexity index is 1370. The van der Waals surface area contributed by atoms with Crippen LogP contribution in [0.25, 0.3) is 17.1 Å². The van der Waals surface area contributed by atoms with Gasteiger partial charge in [0.1, 0.15) is 11.4 Å². The number of ether oxygens (including phenoxy) is 1. The van der Waals surface area contributed by atoms with Gasteiger partial charge in [-0.1, -0.05) is 36.4 Å². The number of hydrogen-bond donors (Lipinski definition) is 2. The Kier molecular flexibility index (Phi) is 6.20. The van der Waals surface area contributed by atoms with Gasteiger partial charge in [-0.3, -0.25) is 4.79 Å². The van der Waals surface area contributed by atoms with Crippen LogP contribution in [0.1, 0.15) is 47.8 Å². The normalized spacial score (nSPS) is 14.0. The molecule has 2 heterocycles. The van der Waals surface area contributed by atoms with Crippen molar-refractivity contribution in [3.63, 3.8) is 0 Å². The van der Waals surface area contributed by atoms with Crippen LogP contribution in [-0.4, -0.2) is 43.5 Å². The van der Waals surface area contributed by atoms with Crippen LogP contribution in [0.15, 0.2) is 58.3 Å². The molecule has 11 nitrogen and oxygen atoms in total. The van der Waals surface area contributed by atoms with E-state index in [0.29, 0.717) is 23.6 Å². The number of benzene rings is 2. The van der Waals surface area contributed by atoms with Crippen LogP contribution in [0.3, 0.4) is 0 Å². The molecule has 0 saturated heterocycles. The lowest BCUT2D eigenvalue weighted by atomic mass is 9.90. The lowest BCUT2D eigenvalue weighted by Gasteiger charge is -2.17. The highest BCUT2D eigenvalue weighted by atomic mass is 16.6. The number of rotatable bonds is 7. The Morgan fingerprint density at radius 2 is 2.00 bits per heavy atom. The molecule has 0 atom stereocenters. The largest absolute Gasteiger partial charge is 0.494 e. The number of aryl methyl sites for hydroxylation is 1. The topological polar surface area (TPSA) is 146 Å². The Morgan fingerprint density at radius 3 is 2.77 bits per heavy atom. The van der Waals surface area contributed by atoms with Gasteiger partial charge in [0, 0.05) is 11.1 Å². The van der Waals surface area contributed by atoms with Crippen molar-refractivity contribution in [2.75, 3.05) is 12.3 Å². The minimum absolute atomic E-state index is 0.0186. The molecule has 3 N–H and O–H groups in total. The quantitative estimate of drug-likeness (QED) is 0.390. The van der Waals surface area contributed by atoms with Gasteiger partial charge in [-0.2, -0.15) is 9.78 Å². The van der Waals surface area contributed by atoms with Gasteiger partial charge in [-0.05, 0) is 65.8 Å². The number of fused-ring (bicyclic) bond motifs is 1. The molecule has 2 aromatic heterocycles. The highest BCUT2D eigenvalue weighted by molar-refractivity contribution is 6.04. The number of nitrogens with zero attached hydrogens (tertiary/aromatic N) is 6.